The summed E-state index contributed by atoms with van der Waals surface area (Å²) < 4.78 is 0. The molecule has 0 aliphatic heterocycles. The van der Waals surface area contributed by atoms with Gasteiger partial charge in [0.05, 0.1) is 17.6 Å². The fraction of sp³-hybridized carbons (Fsp3) is 0.286. The highest BCUT2D eigenvalue weighted by Crippen LogP contribution is 2.16. The van der Waals surface area contributed by atoms with Gasteiger partial charge in [-0.05, 0) is 42.5 Å². The third-order valence-electron chi connectivity index (χ3n) is 4.50. The first-order chi connectivity index (χ1) is 12.6. The molecule has 0 fully saturated rings. The van der Waals surface area contributed by atoms with Gasteiger partial charge >= 0.3 is 0 Å². The quantitative estimate of drug-likeness (QED) is 0.738. The molecule has 1 N–H and O–H groups in total. The molecule has 0 radical (unpaired) electrons. The van der Waals surface area contributed by atoms with E-state index in [4.69, 9.17) is 0 Å². The zero-order valence-corrected chi connectivity index (χ0v) is 15.2. The smallest absolute Gasteiger partial charge is 0.255 e. The Labute approximate surface area is 152 Å². The molecule has 5 heteroatoms. The predicted molar refractivity (Wildman–Crippen MR) is 103 cm³/mol. The highest BCUT2D eigenvalue weighted by atomic mass is 16.2. The number of fused-ring (bicyclic) bond motifs is 1. The number of benzene rings is 1. The number of aromatic amines is 1. The predicted octanol–water partition coefficient (Wildman–Crippen LogP) is 3.67. The molecule has 0 saturated carbocycles. The van der Waals surface area contributed by atoms with Crippen LogP contribution in [0.3, 0.4) is 0 Å². The van der Waals surface area contributed by atoms with Gasteiger partial charge in [0.15, 0.2) is 0 Å². The molecule has 5 nitrogen and oxygen atoms in total. The fourth-order valence-electron chi connectivity index (χ4n) is 3.02. The van der Waals surface area contributed by atoms with E-state index in [-0.39, 0.29) is 18.0 Å². The second kappa shape index (κ2) is 7.95. The normalized spacial score (nSPS) is 10.8. The lowest BCUT2D eigenvalue weighted by Gasteiger charge is -2.22. The third-order valence-corrected chi connectivity index (χ3v) is 4.50. The minimum absolute atomic E-state index is 0.102. The van der Waals surface area contributed by atoms with Gasteiger partial charge in [0.25, 0.3) is 11.5 Å². The van der Waals surface area contributed by atoms with Crippen molar-refractivity contribution in [2.24, 2.45) is 0 Å². The number of para-hydroxylation sites is 1. The standard InChI is InChI=1S/C21H23N3O2/c1-3-4-11-24(21(26)17-9-6-10-22-13-17)14-18-12-16-8-5-7-15(2)19(16)23-20(18)25/h5-10,12-13H,3-4,11,14H2,1-2H3,(H,23,25). The van der Waals surface area contributed by atoms with Crippen molar-refractivity contribution >= 4 is 16.8 Å². The number of carbonyl (C=O) groups excluding carboxylic acids is 1. The third kappa shape index (κ3) is 3.82. The topological polar surface area (TPSA) is 66.1 Å². The van der Waals surface area contributed by atoms with Crippen LogP contribution in [0.1, 0.15) is 41.3 Å². The molecule has 0 unspecified atom stereocenters. The first-order valence-electron chi connectivity index (χ1n) is 8.91. The highest BCUT2D eigenvalue weighted by molar-refractivity contribution is 5.94. The summed E-state index contributed by atoms with van der Waals surface area (Å²) in [7, 11) is 0. The minimum Gasteiger partial charge on any atom is -0.334 e. The summed E-state index contributed by atoms with van der Waals surface area (Å²) in [5.41, 5.74) is 2.86. The number of aromatic nitrogens is 2. The summed E-state index contributed by atoms with van der Waals surface area (Å²) in [5, 5.41) is 0.976. The van der Waals surface area contributed by atoms with E-state index >= 15 is 0 Å². The molecule has 26 heavy (non-hydrogen) atoms. The van der Waals surface area contributed by atoms with Gasteiger partial charge in [-0.15, -0.1) is 0 Å². The molecule has 0 aliphatic rings. The van der Waals surface area contributed by atoms with Gasteiger partial charge in [0, 0.05) is 24.5 Å². The summed E-state index contributed by atoms with van der Waals surface area (Å²) in [6.07, 6.45) is 5.07. The number of hydrogen-bond donors (Lipinski definition) is 1. The van der Waals surface area contributed by atoms with E-state index < -0.39 is 0 Å². The van der Waals surface area contributed by atoms with Crippen LogP contribution >= 0.6 is 0 Å². The highest BCUT2D eigenvalue weighted by Gasteiger charge is 2.17. The number of rotatable bonds is 6. The lowest BCUT2D eigenvalue weighted by molar-refractivity contribution is 0.0740. The lowest BCUT2D eigenvalue weighted by Crippen LogP contribution is -2.33. The Morgan fingerprint density at radius 2 is 2.08 bits per heavy atom. The summed E-state index contributed by atoms with van der Waals surface area (Å²) in [5.74, 6) is -0.102. The summed E-state index contributed by atoms with van der Waals surface area (Å²) in [4.78, 5) is 34.1. The van der Waals surface area contributed by atoms with E-state index in [1.807, 2.05) is 31.2 Å². The van der Waals surface area contributed by atoms with Crippen LogP contribution in [0.25, 0.3) is 10.9 Å². The molecule has 2 heterocycles. The molecule has 0 atom stereocenters. The molecule has 0 saturated heterocycles. The molecule has 3 aromatic rings. The molecule has 1 aromatic carbocycles. The molecule has 2 aromatic heterocycles. The van der Waals surface area contributed by atoms with Crippen molar-refractivity contribution in [1.82, 2.24) is 14.9 Å². The van der Waals surface area contributed by atoms with Crippen molar-refractivity contribution in [1.29, 1.82) is 0 Å². The molecule has 134 valence electrons. The van der Waals surface area contributed by atoms with E-state index in [0.29, 0.717) is 17.7 Å². The Kier molecular flexibility index (Phi) is 5.46. The van der Waals surface area contributed by atoms with Crippen LogP contribution in [0.4, 0.5) is 0 Å². The first-order valence-corrected chi connectivity index (χ1v) is 8.91. The Hall–Kier alpha value is -2.95. The first kappa shape index (κ1) is 17.9. The molecular formula is C21H23N3O2. The van der Waals surface area contributed by atoms with Crippen LogP contribution < -0.4 is 5.56 Å². The molecule has 0 spiro atoms. The number of hydrogen-bond acceptors (Lipinski definition) is 3. The van der Waals surface area contributed by atoms with Crippen LogP contribution in [0, 0.1) is 6.92 Å². The van der Waals surface area contributed by atoms with Gasteiger partial charge in [-0.3, -0.25) is 14.6 Å². The Bertz CT molecular complexity index is 964. The summed E-state index contributed by atoms with van der Waals surface area (Å²) in [6.45, 7) is 4.94. The van der Waals surface area contributed by atoms with Gasteiger partial charge in [0.2, 0.25) is 0 Å². The van der Waals surface area contributed by atoms with Crippen molar-refractivity contribution < 1.29 is 4.79 Å². The molecule has 0 bridgehead atoms. The number of pyridine rings is 2. The zero-order chi connectivity index (χ0) is 18.5. The van der Waals surface area contributed by atoms with Crippen LogP contribution in [-0.2, 0) is 6.54 Å². The SMILES string of the molecule is CCCCN(Cc1cc2cccc(C)c2[nH]c1=O)C(=O)c1cccnc1. The van der Waals surface area contributed by atoms with E-state index in [0.717, 1.165) is 29.3 Å². The second-order valence-corrected chi connectivity index (χ2v) is 6.48. The number of H-pyrrole nitrogens is 1. The number of carbonyl (C=O) groups is 1. The van der Waals surface area contributed by atoms with Gasteiger partial charge in [-0.1, -0.05) is 31.5 Å². The number of amides is 1. The van der Waals surface area contributed by atoms with E-state index in [9.17, 15) is 9.59 Å². The molecule has 1 amide bonds. The Morgan fingerprint density at radius 1 is 1.23 bits per heavy atom. The fourth-order valence-corrected chi connectivity index (χ4v) is 3.02. The van der Waals surface area contributed by atoms with Crippen LogP contribution in [-0.4, -0.2) is 27.3 Å². The van der Waals surface area contributed by atoms with E-state index in [1.165, 1.54) is 0 Å². The van der Waals surface area contributed by atoms with Crippen LogP contribution in [0.15, 0.2) is 53.6 Å². The van der Waals surface area contributed by atoms with Crippen molar-refractivity contribution in [3.8, 4) is 0 Å². The number of unbranched alkanes of at least 4 members (excludes halogenated alkanes) is 1. The van der Waals surface area contributed by atoms with Gasteiger partial charge < -0.3 is 9.88 Å². The second-order valence-electron chi connectivity index (χ2n) is 6.48. The number of aryl methyl sites for hydroxylation is 1. The Morgan fingerprint density at radius 3 is 2.81 bits per heavy atom. The van der Waals surface area contributed by atoms with Crippen LogP contribution in [0.2, 0.25) is 0 Å². The summed E-state index contributed by atoms with van der Waals surface area (Å²) >= 11 is 0. The van der Waals surface area contributed by atoms with Gasteiger partial charge in [-0.2, -0.15) is 0 Å². The number of nitrogens with zero attached hydrogens (tertiary/aromatic N) is 2. The minimum atomic E-state index is -0.146. The maximum atomic E-state index is 12.9. The molecule has 3 rings (SSSR count). The summed E-state index contributed by atoms with van der Waals surface area (Å²) in [6, 6.07) is 11.3. The van der Waals surface area contributed by atoms with Gasteiger partial charge in [-0.25, -0.2) is 0 Å². The van der Waals surface area contributed by atoms with Crippen molar-refractivity contribution in [3.05, 3.63) is 75.8 Å². The van der Waals surface area contributed by atoms with Crippen molar-refractivity contribution in [2.45, 2.75) is 33.2 Å². The van der Waals surface area contributed by atoms with Crippen molar-refractivity contribution in [3.63, 3.8) is 0 Å². The molecule has 0 aliphatic carbocycles. The van der Waals surface area contributed by atoms with Crippen LogP contribution in [0.5, 0.6) is 0 Å². The van der Waals surface area contributed by atoms with E-state index in [2.05, 4.69) is 16.9 Å². The average molecular weight is 349 g/mol. The average Bonchev–Trinajstić information content (AvgIpc) is 2.66. The Balaban J connectivity index is 1.94. The van der Waals surface area contributed by atoms with Gasteiger partial charge in [0.1, 0.15) is 0 Å². The van der Waals surface area contributed by atoms with Crippen molar-refractivity contribution in [2.75, 3.05) is 6.54 Å². The monoisotopic (exact) mass is 349 g/mol. The maximum absolute atomic E-state index is 12.9. The molecular weight excluding hydrogens is 326 g/mol. The van der Waals surface area contributed by atoms with E-state index in [1.54, 1.807) is 29.4 Å². The lowest BCUT2D eigenvalue weighted by atomic mass is 10.1. The number of nitrogens with one attached hydrogen (secondary N) is 1. The zero-order valence-electron chi connectivity index (χ0n) is 15.2. The largest absolute Gasteiger partial charge is 0.334 e. The maximum Gasteiger partial charge on any atom is 0.255 e.